The Morgan fingerprint density at radius 2 is 2.05 bits per heavy atom. The predicted molar refractivity (Wildman–Crippen MR) is 79.8 cm³/mol. The largest absolute Gasteiger partial charge is 0.384 e. The van der Waals surface area contributed by atoms with Gasteiger partial charge in [0.2, 0.25) is 0 Å². The highest BCUT2D eigenvalue weighted by molar-refractivity contribution is 7.05. The summed E-state index contributed by atoms with van der Waals surface area (Å²) in [5.41, 5.74) is 0.129. The van der Waals surface area contributed by atoms with Crippen LogP contribution in [0.1, 0.15) is 27.9 Å². The Kier molecular flexibility index (Phi) is 4.20. The molecule has 106 valence electrons. The summed E-state index contributed by atoms with van der Waals surface area (Å²) < 4.78 is 4.11. The third kappa shape index (κ3) is 3.23. The third-order valence-electron chi connectivity index (χ3n) is 3.13. The Balaban J connectivity index is 2.11. The number of hydrogen-bond acceptors (Lipinski definition) is 4. The standard InChI is InChI=1S/C15H18N2O2S/c1-11-9-13(16-20-11)14(18)17(3)10-15(2,19)12-7-5-4-6-8-12/h4-9,19H,10H2,1-3H3. The van der Waals surface area contributed by atoms with Gasteiger partial charge in [-0.15, -0.1) is 0 Å². The van der Waals surface area contributed by atoms with Crippen LogP contribution < -0.4 is 0 Å². The van der Waals surface area contributed by atoms with Crippen LogP contribution in [0.3, 0.4) is 0 Å². The summed E-state index contributed by atoms with van der Waals surface area (Å²) in [6, 6.07) is 11.1. The second-order valence-corrected chi connectivity index (χ2v) is 6.13. The van der Waals surface area contributed by atoms with E-state index in [0.717, 1.165) is 10.4 Å². The smallest absolute Gasteiger partial charge is 0.273 e. The Morgan fingerprint density at radius 3 is 2.60 bits per heavy atom. The number of aromatic nitrogens is 1. The van der Waals surface area contributed by atoms with E-state index in [1.54, 1.807) is 20.0 Å². The molecule has 4 nitrogen and oxygen atoms in total. The molecule has 0 aliphatic rings. The number of hydrogen-bond donors (Lipinski definition) is 1. The van der Waals surface area contributed by atoms with Gasteiger partial charge in [0, 0.05) is 11.9 Å². The number of aliphatic hydroxyl groups is 1. The van der Waals surface area contributed by atoms with E-state index in [1.807, 2.05) is 37.3 Å². The van der Waals surface area contributed by atoms with Gasteiger partial charge < -0.3 is 10.0 Å². The number of carbonyl (C=O) groups excluding carboxylic acids is 1. The number of nitrogens with zero attached hydrogens (tertiary/aromatic N) is 2. The summed E-state index contributed by atoms with van der Waals surface area (Å²) in [5.74, 6) is -0.175. The molecule has 0 saturated heterocycles. The van der Waals surface area contributed by atoms with Crippen molar-refractivity contribution >= 4 is 17.4 Å². The Hall–Kier alpha value is -1.72. The maximum Gasteiger partial charge on any atom is 0.273 e. The Labute approximate surface area is 122 Å². The summed E-state index contributed by atoms with van der Waals surface area (Å²) in [7, 11) is 1.68. The van der Waals surface area contributed by atoms with Crippen LogP contribution in [0.2, 0.25) is 0 Å². The van der Waals surface area contributed by atoms with Gasteiger partial charge in [-0.1, -0.05) is 30.3 Å². The number of rotatable bonds is 4. The van der Waals surface area contributed by atoms with Gasteiger partial charge in [0.15, 0.2) is 0 Å². The Morgan fingerprint density at radius 1 is 1.40 bits per heavy atom. The highest BCUT2D eigenvalue weighted by Crippen LogP contribution is 2.22. The fourth-order valence-electron chi connectivity index (χ4n) is 2.08. The lowest BCUT2D eigenvalue weighted by atomic mass is 9.95. The van der Waals surface area contributed by atoms with Crippen LogP contribution >= 0.6 is 11.5 Å². The molecule has 1 atom stereocenters. The van der Waals surface area contributed by atoms with E-state index < -0.39 is 5.60 Å². The minimum atomic E-state index is -1.09. The molecule has 1 N–H and O–H groups in total. The fourth-order valence-corrected chi connectivity index (χ4v) is 2.62. The van der Waals surface area contributed by atoms with Gasteiger partial charge in [-0.3, -0.25) is 4.79 Å². The first-order valence-corrected chi connectivity index (χ1v) is 7.14. The number of benzene rings is 1. The van der Waals surface area contributed by atoms with E-state index >= 15 is 0 Å². The van der Waals surface area contributed by atoms with E-state index in [9.17, 15) is 9.90 Å². The number of carbonyl (C=O) groups is 1. The van der Waals surface area contributed by atoms with E-state index in [-0.39, 0.29) is 12.5 Å². The maximum absolute atomic E-state index is 12.2. The van der Waals surface area contributed by atoms with Crippen molar-refractivity contribution in [1.29, 1.82) is 0 Å². The monoisotopic (exact) mass is 290 g/mol. The van der Waals surface area contributed by atoms with Crippen LogP contribution in [0, 0.1) is 6.92 Å². The zero-order valence-electron chi connectivity index (χ0n) is 11.8. The lowest BCUT2D eigenvalue weighted by Crippen LogP contribution is -2.40. The summed E-state index contributed by atoms with van der Waals surface area (Å²) >= 11 is 1.30. The van der Waals surface area contributed by atoms with Crippen molar-refractivity contribution in [2.75, 3.05) is 13.6 Å². The van der Waals surface area contributed by atoms with E-state index in [0.29, 0.717) is 5.69 Å². The molecule has 1 amide bonds. The van der Waals surface area contributed by atoms with Gasteiger partial charge in [0.25, 0.3) is 5.91 Å². The average Bonchev–Trinajstić information content (AvgIpc) is 2.85. The van der Waals surface area contributed by atoms with Gasteiger partial charge >= 0.3 is 0 Å². The van der Waals surface area contributed by atoms with Crippen LogP contribution in [0.15, 0.2) is 36.4 Å². The van der Waals surface area contributed by atoms with Crippen molar-refractivity contribution in [1.82, 2.24) is 9.27 Å². The zero-order valence-corrected chi connectivity index (χ0v) is 12.6. The van der Waals surface area contributed by atoms with Crippen LogP contribution in [-0.4, -0.2) is 33.9 Å². The maximum atomic E-state index is 12.2. The number of likely N-dealkylation sites (N-methyl/N-ethyl adjacent to an activating group) is 1. The summed E-state index contributed by atoms with van der Waals surface area (Å²) in [6.45, 7) is 3.83. The van der Waals surface area contributed by atoms with Crippen molar-refractivity contribution in [3.05, 3.63) is 52.5 Å². The molecule has 0 aliphatic heterocycles. The molecule has 1 unspecified atom stereocenters. The summed E-state index contributed by atoms with van der Waals surface area (Å²) in [4.78, 5) is 14.7. The number of aryl methyl sites for hydroxylation is 1. The van der Waals surface area contributed by atoms with E-state index in [1.165, 1.54) is 16.4 Å². The van der Waals surface area contributed by atoms with Crippen molar-refractivity contribution in [3.8, 4) is 0 Å². The number of amides is 1. The minimum absolute atomic E-state index is 0.175. The molecular weight excluding hydrogens is 272 g/mol. The van der Waals surface area contributed by atoms with Gasteiger partial charge in [0.05, 0.1) is 6.54 Å². The van der Waals surface area contributed by atoms with Gasteiger partial charge in [0.1, 0.15) is 11.3 Å². The molecule has 0 radical (unpaired) electrons. The highest BCUT2D eigenvalue weighted by atomic mass is 32.1. The van der Waals surface area contributed by atoms with Gasteiger partial charge in [-0.05, 0) is 37.0 Å². The quantitative estimate of drug-likeness (QED) is 0.941. The Bertz CT molecular complexity index is 593. The molecule has 0 fully saturated rings. The fraction of sp³-hybridized carbons (Fsp3) is 0.333. The molecule has 1 heterocycles. The predicted octanol–water partition coefficient (Wildman–Crippen LogP) is 2.43. The molecule has 0 aliphatic carbocycles. The third-order valence-corrected chi connectivity index (χ3v) is 3.83. The van der Waals surface area contributed by atoms with E-state index in [4.69, 9.17) is 0 Å². The summed E-state index contributed by atoms with van der Waals surface area (Å²) in [5, 5.41) is 10.5. The minimum Gasteiger partial charge on any atom is -0.384 e. The lowest BCUT2D eigenvalue weighted by molar-refractivity contribution is 0.0211. The molecular formula is C15H18N2O2S. The second-order valence-electron chi connectivity index (χ2n) is 5.12. The molecule has 1 aromatic carbocycles. The molecule has 5 heteroatoms. The first-order valence-electron chi connectivity index (χ1n) is 6.37. The molecule has 0 saturated carbocycles. The second kappa shape index (κ2) is 5.73. The molecule has 2 rings (SSSR count). The first kappa shape index (κ1) is 14.7. The SMILES string of the molecule is Cc1cc(C(=O)N(C)CC(C)(O)c2ccccc2)ns1. The van der Waals surface area contributed by atoms with E-state index in [2.05, 4.69) is 4.37 Å². The van der Waals surface area contributed by atoms with Crippen LogP contribution in [-0.2, 0) is 5.60 Å². The molecule has 1 aromatic heterocycles. The zero-order chi connectivity index (χ0) is 14.8. The highest BCUT2D eigenvalue weighted by Gasteiger charge is 2.27. The van der Waals surface area contributed by atoms with Crippen molar-refractivity contribution < 1.29 is 9.90 Å². The molecule has 0 bridgehead atoms. The van der Waals surface area contributed by atoms with Crippen LogP contribution in [0.5, 0.6) is 0 Å². The van der Waals surface area contributed by atoms with Crippen molar-refractivity contribution in [2.24, 2.45) is 0 Å². The molecule has 2 aromatic rings. The van der Waals surface area contributed by atoms with Crippen LogP contribution in [0.4, 0.5) is 0 Å². The van der Waals surface area contributed by atoms with Crippen molar-refractivity contribution in [2.45, 2.75) is 19.4 Å². The normalized spacial score (nSPS) is 13.8. The average molecular weight is 290 g/mol. The molecule has 0 spiro atoms. The van der Waals surface area contributed by atoms with Crippen molar-refractivity contribution in [3.63, 3.8) is 0 Å². The molecule has 20 heavy (non-hydrogen) atoms. The first-order chi connectivity index (χ1) is 9.40. The van der Waals surface area contributed by atoms with Crippen LogP contribution in [0.25, 0.3) is 0 Å². The van der Waals surface area contributed by atoms with Gasteiger partial charge in [-0.25, -0.2) is 0 Å². The van der Waals surface area contributed by atoms with Gasteiger partial charge in [-0.2, -0.15) is 4.37 Å². The summed E-state index contributed by atoms with van der Waals surface area (Å²) in [6.07, 6.45) is 0. The lowest BCUT2D eigenvalue weighted by Gasteiger charge is -2.29. The topological polar surface area (TPSA) is 53.4 Å².